The number of halogens is 2. The third kappa shape index (κ3) is 3.87. The summed E-state index contributed by atoms with van der Waals surface area (Å²) in [7, 11) is 0. The minimum absolute atomic E-state index is 0.0382. The number of nitrogens with zero attached hydrogens (tertiary/aromatic N) is 1. The molecule has 1 aliphatic carbocycles. The summed E-state index contributed by atoms with van der Waals surface area (Å²) >= 11 is 0. The minimum Gasteiger partial charge on any atom is -0.467 e. The molecule has 0 aliphatic heterocycles. The Morgan fingerprint density at radius 3 is 2.64 bits per heavy atom. The summed E-state index contributed by atoms with van der Waals surface area (Å²) < 4.78 is 31.5. The summed E-state index contributed by atoms with van der Waals surface area (Å²) in [5, 5.41) is 2.46. The lowest BCUT2D eigenvalue weighted by Crippen LogP contribution is -2.42. The second-order valence-electron chi connectivity index (χ2n) is 6.04. The topological polar surface area (TPSA) is 62.6 Å². The first-order chi connectivity index (χ1) is 12.0. The predicted octanol–water partition coefficient (Wildman–Crippen LogP) is 3.04. The van der Waals surface area contributed by atoms with Crippen LogP contribution in [0.15, 0.2) is 41.0 Å². The number of rotatable bonds is 6. The van der Waals surface area contributed by atoms with Gasteiger partial charge in [0.15, 0.2) is 11.6 Å². The number of carbonyl (C=O) groups is 2. The van der Waals surface area contributed by atoms with Crippen molar-refractivity contribution in [1.29, 1.82) is 0 Å². The van der Waals surface area contributed by atoms with Gasteiger partial charge < -0.3 is 14.6 Å². The summed E-state index contributed by atoms with van der Waals surface area (Å²) in [6, 6.07) is 6.30. The van der Waals surface area contributed by atoms with Gasteiger partial charge in [0.25, 0.3) is 5.91 Å². The number of benzene rings is 1. The average Bonchev–Trinajstić information content (AvgIpc) is 3.26. The molecule has 7 heteroatoms. The molecule has 0 radical (unpaired) electrons. The van der Waals surface area contributed by atoms with E-state index in [-0.39, 0.29) is 30.1 Å². The summed E-state index contributed by atoms with van der Waals surface area (Å²) in [6.45, 7) is 1.64. The van der Waals surface area contributed by atoms with Gasteiger partial charge in [0.2, 0.25) is 5.91 Å². The molecule has 1 saturated carbocycles. The molecule has 1 aromatic heterocycles. The summed E-state index contributed by atoms with van der Waals surface area (Å²) in [5.74, 6) is -2.34. The fourth-order valence-corrected chi connectivity index (χ4v) is 2.74. The number of furan rings is 1. The molecule has 25 heavy (non-hydrogen) atoms. The van der Waals surface area contributed by atoms with Crippen molar-refractivity contribution < 1.29 is 22.8 Å². The molecule has 132 valence electrons. The van der Waals surface area contributed by atoms with Gasteiger partial charge in [-0.25, -0.2) is 8.78 Å². The standard InChI is InChI=1S/C18H18F2N2O3/c1-11(16-3-2-8-25-16)22(13-5-6-13)17(23)10-21-18(24)12-4-7-14(19)15(20)9-12/h2-4,7-9,11,13H,5-6,10H2,1H3,(H,21,24)/t11-/m1/s1. The molecule has 1 N–H and O–H groups in total. The van der Waals surface area contributed by atoms with Gasteiger partial charge in [-0.3, -0.25) is 9.59 Å². The molecular formula is C18H18F2N2O3. The van der Waals surface area contributed by atoms with Crippen LogP contribution >= 0.6 is 0 Å². The van der Waals surface area contributed by atoms with Crippen molar-refractivity contribution in [3.63, 3.8) is 0 Å². The lowest BCUT2D eigenvalue weighted by molar-refractivity contribution is -0.133. The Morgan fingerprint density at radius 1 is 1.28 bits per heavy atom. The Balaban J connectivity index is 1.63. The van der Waals surface area contributed by atoms with Crippen LogP contribution in [-0.4, -0.2) is 29.3 Å². The Hall–Kier alpha value is -2.70. The van der Waals surface area contributed by atoms with Crippen molar-refractivity contribution in [1.82, 2.24) is 10.2 Å². The van der Waals surface area contributed by atoms with E-state index in [1.807, 2.05) is 6.92 Å². The molecule has 2 aromatic rings. The molecule has 0 unspecified atom stereocenters. The van der Waals surface area contributed by atoms with Gasteiger partial charge >= 0.3 is 0 Å². The van der Waals surface area contributed by atoms with E-state index in [9.17, 15) is 18.4 Å². The van der Waals surface area contributed by atoms with Crippen molar-refractivity contribution in [2.75, 3.05) is 6.54 Å². The van der Waals surface area contributed by atoms with Crippen LogP contribution in [0.3, 0.4) is 0 Å². The van der Waals surface area contributed by atoms with Crippen LogP contribution in [0, 0.1) is 11.6 Å². The van der Waals surface area contributed by atoms with Crippen LogP contribution in [0.4, 0.5) is 8.78 Å². The van der Waals surface area contributed by atoms with Gasteiger partial charge in [-0.15, -0.1) is 0 Å². The molecule has 0 spiro atoms. The summed E-state index contributed by atoms with van der Waals surface area (Å²) in [6.07, 6.45) is 3.37. The van der Waals surface area contributed by atoms with Crippen LogP contribution in [0.2, 0.25) is 0 Å². The molecule has 1 atom stereocenters. The van der Waals surface area contributed by atoms with Crippen molar-refractivity contribution in [3.05, 3.63) is 59.6 Å². The van der Waals surface area contributed by atoms with Crippen LogP contribution in [0.25, 0.3) is 0 Å². The fourth-order valence-electron chi connectivity index (χ4n) is 2.74. The van der Waals surface area contributed by atoms with E-state index in [4.69, 9.17) is 4.42 Å². The summed E-state index contributed by atoms with van der Waals surface area (Å²) in [5.41, 5.74) is -0.0382. The highest BCUT2D eigenvalue weighted by molar-refractivity contribution is 5.96. The number of hydrogen-bond acceptors (Lipinski definition) is 3. The highest BCUT2D eigenvalue weighted by Gasteiger charge is 2.37. The van der Waals surface area contributed by atoms with E-state index in [2.05, 4.69) is 5.32 Å². The lowest BCUT2D eigenvalue weighted by Gasteiger charge is -2.28. The van der Waals surface area contributed by atoms with E-state index >= 15 is 0 Å². The van der Waals surface area contributed by atoms with Gasteiger partial charge in [0.05, 0.1) is 18.8 Å². The van der Waals surface area contributed by atoms with Crippen LogP contribution < -0.4 is 5.32 Å². The maximum Gasteiger partial charge on any atom is 0.251 e. The molecule has 1 aromatic carbocycles. The summed E-state index contributed by atoms with van der Waals surface area (Å²) in [4.78, 5) is 26.3. The fraction of sp³-hybridized carbons (Fsp3) is 0.333. The molecule has 2 amide bonds. The van der Waals surface area contributed by atoms with E-state index < -0.39 is 17.5 Å². The van der Waals surface area contributed by atoms with Crippen LogP contribution in [-0.2, 0) is 4.79 Å². The highest BCUT2D eigenvalue weighted by Crippen LogP contribution is 2.34. The number of amides is 2. The van der Waals surface area contributed by atoms with Crippen LogP contribution in [0.1, 0.15) is 41.9 Å². The Kier molecular flexibility index (Phi) is 4.83. The third-order valence-corrected chi connectivity index (χ3v) is 4.18. The van der Waals surface area contributed by atoms with Crippen molar-refractivity contribution in [2.45, 2.75) is 31.8 Å². The molecule has 1 aliphatic rings. The average molecular weight is 348 g/mol. The zero-order chi connectivity index (χ0) is 18.0. The normalized spacial score (nSPS) is 14.8. The monoisotopic (exact) mass is 348 g/mol. The van der Waals surface area contributed by atoms with E-state index in [0.717, 1.165) is 25.0 Å². The predicted molar refractivity (Wildman–Crippen MR) is 85.7 cm³/mol. The Labute approximate surface area is 143 Å². The van der Waals surface area contributed by atoms with Crippen molar-refractivity contribution >= 4 is 11.8 Å². The maximum absolute atomic E-state index is 13.2. The molecule has 0 bridgehead atoms. The van der Waals surface area contributed by atoms with E-state index in [1.165, 1.54) is 6.07 Å². The van der Waals surface area contributed by atoms with Crippen molar-refractivity contribution in [3.8, 4) is 0 Å². The second-order valence-corrected chi connectivity index (χ2v) is 6.04. The largest absolute Gasteiger partial charge is 0.467 e. The van der Waals surface area contributed by atoms with Gasteiger partial charge in [0.1, 0.15) is 5.76 Å². The molecule has 5 nitrogen and oxygen atoms in total. The third-order valence-electron chi connectivity index (χ3n) is 4.18. The first kappa shape index (κ1) is 17.1. The van der Waals surface area contributed by atoms with Gasteiger partial charge in [-0.05, 0) is 50.1 Å². The smallest absolute Gasteiger partial charge is 0.251 e. The lowest BCUT2D eigenvalue weighted by atomic mass is 10.2. The number of carbonyl (C=O) groups excluding carboxylic acids is 2. The molecule has 1 heterocycles. The van der Waals surface area contributed by atoms with Gasteiger partial charge in [-0.2, -0.15) is 0 Å². The molecule has 0 saturated heterocycles. The zero-order valence-corrected chi connectivity index (χ0v) is 13.7. The van der Waals surface area contributed by atoms with Gasteiger partial charge in [-0.1, -0.05) is 0 Å². The molecular weight excluding hydrogens is 330 g/mol. The van der Waals surface area contributed by atoms with Gasteiger partial charge in [0, 0.05) is 11.6 Å². The first-order valence-corrected chi connectivity index (χ1v) is 8.05. The van der Waals surface area contributed by atoms with Crippen molar-refractivity contribution in [2.24, 2.45) is 0 Å². The SMILES string of the molecule is C[C@H](c1ccco1)N(C(=O)CNC(=O)c1ccc(F)c(F)c1)C1CC1. The Bertz CT molecular complexity index is 773. The van der Waals surface area contributed by atoms with Crippen LogP contribution in [0.5, 0.6) is 0 Å². The first-order valence-electron chi connectivity index (χ1n) is 8.05. The molecule has 3 rings (SSSR count). The van der Waals surface area contributed by atoms with E-state index in [1.54, 1.807) is 23.3 Å². The Morgan fingerprint density at radius 2 is 2.04 bits per heavy atom. The zero-order valence-electron chi connectivity index (χ0n) is 13.7. The molecule has 1 fully saturated rings. The maximum atomic E-state index is 13.2. The van der Waals surface area contributed by atoms with E-state index in [0.29, 0.717) is 5.76 Å². The second kappa shape index (κ2) is 7.04. The number of hydrogen-bond donors (Lipinski definition) is 1. The number of nitrogens with one attached hydrogen (secondary N) is 1. The highest BCUT2D eigenvalue weighted by atomic mass is 19.2. The quantitative estimate of drug-likeness (QED) is 0.873. The minimum atomic E-state index is -1.11.